The van der Waals surface area contributed by atoms with Crippen molar-refractivity contribution in [1.82, 2.24) is 4.90 Å². The van der Waals surface area contributed by atoms with Crippen molar-refractivity contribution in [2.45, 2.75) is 12.7 Å². The van der Waals surface area contributed by atoms with Crippen LogP contribution in [-0.4, -0.2) is 23.3 Å². The number of hydrogen-bond donors (Lipinski definition) is 1. The van der Waals surface area contributed by atoms with Gasteiger partial charge in [0.05, 0.1) is 5.56 Å². The average Bonchev–Trinajstić information content (AvgIpc) is 2.72. The Hall–Kier alpha value is -3.82. The van der Waals surface area contributed by atoms with Gasteiger partial charge in [-0.1, -0.05) is 6.07 Å². The van der Waals surface area contributed by atoms with Gasteiger partial charge in [-0.05, 0) is 60.2 Å². The standard InChI is InChI=1S/C23H16F6N2O2/c24-17-6-4-15(5-7-17)22(33)31(12-14-8-18(25)11-19(26)9-14)13-21(32)30-20-3-1-2-16(10-20)23(27,28)29/h1-11H,12-13H2,(H,30,32). The van der Waals surface area contributed by atoms with E-state index in [2.05, 4.69) is 5.32 Å². The number of carbonyl (C=O) groups excluding carboxylic acids is 2. The summed E-state index contributed by atoms with van der Waals surface area (Å²) in [5.74, 6) is -3.99. The topological polar surface area (TPSA) is 49.4 Å². The maximum absolute atomic E-state index is 13.6. The molecule has 2 amide bonds. The second-order valence-electron chi connectivity index (χ2n) is 7.07. The lowest BCUT2D eigenvalue weighted by atomic mass is 10.1. The van der Waals surface area contributed by atoms with E-state index < -0.39 is 47.6 Å². The van der Waals surface area contributed by atoms with Crippen molar-refractivity contribution in [3.05, 3.63) is 101 Å². The quantitative estimate of drug-likeness (QED) is 0.495. The zero-order valence-corrected chi connectivity index (χ0v) is 16.8. The van der Waals surface area contributed by atoms with Crippen molar-refractivity contribution in [2.75, 3.05) is 11.9 Å². The van der Waals surface area contributed by atoms with Crippen molar-refractivity contribution >= 4 is 17.5 Å². The minimum atomic E-state index is -4.62. The summed E-state index contributed by atoms with van der Waals surface area (Å²) in [6, 6.07) is 10.9. The Kier molecular flexibility index (Phi) is 7.05. The Morgan fingerprint density at radius 3 is 2.06 bits per heavy atom. The molecule has 0 aromatic heterocycles. The number of nitrogens with one attached hydrogen (secondary N) is 1. The van der Waals surface area contributed by atoms with Crippen LogP contribution in [0.25, 0.3) is 0 Å². The van der Waals surface area contributed by atoms with Gasteiger partial charge in [0.25, 0.3) is 5.91 Å². The lowest BCUT2D eigenvalue weighted by Crippen LogP contribution is -2.37. The molecule has 4 nitrogen and oxygen atoms in total. The van der Waals surface area contributed by atoms with Crippen LogP contribution < -0.4 is 5.32 Å². The van der Waals surface area contributed by atoms with Gasteiger partial charge in [0.1, 0.15) is 24.0 Å². The van der Waals surface area contributed by atoms with Crippen LogP contribution in [0, 0.1) is 17.5 Å². The number of carbonyl (C=O) groups is 2. The maximum Gasteiger partial charge on any atom is 0.416 e. The smallest absolute Gasteiger partial charge is 0.325 e. The third kappa shape index (κ3) is 6.58. The van der Waals surface area contributed by atoms with Crippen LogP contribution in [-0.2, 0) is 17.5 Å². The van der Waals surface area contributed by atoms with Crippen LogP contribution in [0.1, 0.15) is 21.5 Å². The molecule has 0 radical (unpaired) electrons. The first-order chi connectivity index (χ1) is 15.5. The van der Waals surface area contributed by atoms with Crippen LogP contribution in [0.4, 0.5) is 32.0 Å². The highest BCUT2D eigenvalue weighted by molar-refractivity contribution is 5.99. The number of amides is 2. The zero-order valence-electron chi connectivity index (χ0n) is 16.8. The fourth-order valence-corrected chi connectivity index (χ4v) is 3.04. The van der Waals surface area contributed by atoms with E-state index in [1.54, 1.807) is 0 Å². The minimum absolute atomic E-state index is 0.000133. The molecule has 0 saturated carbocycles. The van der Waals surface area contributed by atoms with Gasteiger partial charge in [0.2, 0.25) is 5.91 Å². The van der Waals surface area contributed by atoms with Crippen LogP contribution >= 0.6 is 0 Å². The third-order valence-corrected chi connectivity index (χ3v) is 4.48. The number of alkyl halides is 3. The van der Waals surface area contributed by atoms with Crippen molar-refractivity contribution in [3.63, 3.8) is 0 Å². The van der Waals surface area contributed by atoms with Crippen LogP contribution in [0.3, 0.4) is 0 Å². The van der Waals surface area contributed by atoms with Crippen molar-refractivity contribution in [2.24, 2.45) is 0 Å². The van der Waals surface area contributed by atoms with E-state index >= 15 is 0 Å². The van der Waals surface area contributed by atoms with E-state index in [9.17, 15) is 35.9 Å². The molecule has 3 rings (SSSR count). The Labute approximate surface area is 184 Å². The van der Waals surface area contributed by atoms with Crippen molar-refractivity contribution in [1.29, 1.82) is 0 Å². The summed E-state index contributed by atoms with van der Waals surface area (Å²) < 4.78 is 79.0. The molecule has 0 bridgehead atoms. The van der Waals surface area contributed by atoms with Gasteiger partial charge in [0.15, 0.2) is 0 Å². The molecule has 172 valence electrons. The summed E-state index contributed by atoms with van der Waals surface area (Å²) in [4.78, 5) is 26.3. The summed E-state index contributed by atoms with van der Waals surface area (Å²) >= 11 is 0. The van der Waals surface area contributed by atoms with E-state index in [0.717, 1.165) is 47.4 Å². The van der Waals surface area contributed by atoms with Gasteiger partial charge in [-0.25, -0.2) is 13.2 Å². The number of halogens is 6. The summed E-state index contributed by atoms with van der Waals surface area (Å²) in [5.41, 5.74) is -1.09. The van der Waals surface area contributed by atoms with Crippen molar-refractivity contribution in [3.8, 4) is 0 Å². The first-order valence-corrected chi connectivity index (χ1v) is 9.48. The highest BCUT2D eigenvalue weighted by atomic mass is 19.4. The predicted octanol–water partition coefficient (Wildman–Crippen LogP) is 5.40. The number of anilines is 1. The average molecular weight is 466 g/mol. The van der Waals surface area contributed by atoms with E-state index in [1.807, 2.05) is 0 Å². The summed E-state index contributed by atoms with van der Waals surface area (Å²) in [7, 11) is 0. The molecule has 0 aliphatic heterocycles. The number of benzene rings is 3. The second kappa shape index (κ2) is 9.76. The molecular formula is C23H16F6N2O2. The molecule has 33 heavy (non-hydrogen) atoms. The van der Waals surface area contributed by atoms with E-state index in [0.29, 0.717) is 6.07 Å². The van der Waals surface area contributed by atoms with Gasteiger partial charge in [-0.3, -0.25) is 9.59 Å². The van der Waals surface area contributed by atoms with Gasteiger partial charge >= 0.3 is 6.18 Å². The molecule has 0 fully saturated rings. The fraction of sp³-hybridized carbons (Fsp3) is 0.130. The number of hydrogen-bond acceptors (Lipinski definition) is 2. The Bertz CT molecular complexity index is 1140. The predicted molar refractivity (Wildman–Crippen MR) is 108 cm³/mol. The monoisotopic (exact) mass is 466 g/mol. The summed E-state index contributed by atoms with van der Waals surface area (Å²) in [6.07, 6.45) is -4.62. The first-order valence-electron chi connectivity index (χ1n) is 9.48. The van der Waals surface area contributed by atoms with E-state index in [1.165, 1.54) is 18.2 Å². The van der Waals surface area contributed by atoms with Gasteiger partial charge in [-0.2, -0.15) is 13.2 Å². The largest absolute Gasteiger partial charge is 0.416 e. The Morgan fingerprint density at radius 2 is 1.45 bits per heavy atom. The molecule has 0 saturated heterocycles. The fourth-order valence-electron chi connectivity index (χ4n) is 3.04. The highest BCUT2D eigenvalue weighted by Gasteiger charge is 2.30. The lowest BCUT2D eigenvalue weighted by molar-refractivity contribution is -0.137. The molecule has 0 spiro atoms. The molecule has 0 unspecified atom stereocenters. The first kappa shape index (κ1) is 23.8. The zero-order chi connectivity index (χ0) is 24.2. The molecular weight excluding hydrogens is 450 g/mol. The molecule has 0 heterocycles. The van der Waals surface area contributed by atoms with Crippen LogP contribution in [0.15, 0.2) is 66.7 Å². The highest BCUT2D eigenvalue weighted by Crippen LogP contribution is 2.30. The SMILES string of the molecule is O=C(CN(Cc1cc(F)cc(F)c1)C(=O)c1ccc(F)cc1)Nc1cccc(C(F)(F)F)c1. The minimum Gasteiger partial charge on any atom is -0.325 e. The lowest BCUT2D eigenvalue weighted by Gasteiger charge is -2.23. The molecule has 1 N–H and O–H groups in total. The van der Waals surface area contributed by atoms with Crippen molar-refractivity contribution < 1.29 is 35.9 Å². The summed E-state index contributed by atoms with van der Waals surface area (Å²) in [5, 5.41) is 2.27. The van der Waals surface area contributed by atoms with E-state index in [4.69, 9.17) is 0 Å². The second-order valence-corrected chi connectivity index (χ2v) is 7.07. The van der Waals surface area contributed by atoms with Crippen LogP contribution in [0.5, 0.6) is 0 Å². The van der Waals surface area contributed by atoms with Gasteiger partial charge < -0.3 is 10.2 Å². The number of rotatable bonds is 6. The maximum atomic E-state index is 13.6. The van der Waals surface area contributed by atoms with Gasteiger partial charge in [-0.15, -0.1) is 0 Å². The number of nitrogens with zero attached hydrogens (tertiary/aromatic N) is 1. The van der Waals surface area contributed by atoms with Crippen LogP contribution in [0.2, 0.25) is 0 Å². The molecule has 3 aromatic carbocycles. The van der Waals surface area contributed by atoms with E-state index in [-0.39, 0.29) is 23.4 Å². The normalized spacial score (nSPS) is 11.2. The molecule has 0 atom stereocenters. The molecule has 0 aliphatic rings. The molecule has 3 aromatic rings. The Morgan fingerprint density at radius 1 is 0.818 bits per heavy atom. The molecule has 0 aliphatic carbocycles. The summed E-state index contributed by atoms with van der Waals surface area (Å²) in [6.45, 7) is -1.04. The Balaban J connectivity index is 1.83. The third-order valence-electron chi connectivity index (χ3n) is 4.48. The van der Waals surface area contributed by atoms with Gasteiger partial charge in [0, 0.05) is 23.9 Å². The molecule has 10 heteroatoms.